The molecule has 2 rings (SSSR count). The number of aliphatic imine (C=N–C) groups is 1. The summed E-state index contributed by atoms with van der Waals surface area (Å²) in [4.78, 5) is 9.50. The molecule has 0 aliphatic carbocycles. The van der Waals surface area contributed by atoms with Crippen LogP contribution in [0, 0.1) is 0 Å². The van der Waals surface area contributed by atoms with Gasteiger partial charge in [0.05, 0.1) is 18.8 Å². The average Bonchev–Trinajstić information content (AvgIpc) is 2.72. The molecule has 1 fully saturated rings. The Morgan fingerprint density at radius 3 is 2.58 bits per heavy atom. The molecule has 7 nitrogen and oxygen atoms in total. The minimum atomic E-state index is -0.659. The van der Waals surface area contributed by atoms with Gasteiger partial charge < -0.3 is 30.3 Å². The SMILES string of the molecule is CCNC(=NCC(O)c1cccc(OC(C)C)c1)NCCCCN1CCN(C)CC1.I. The van der Waals surface area contributed by atoms with Gasteiger partial charge in [-0.2, -0.15) is 0 Å². The quantitative estimate of drug-likeness (QED) is 0.171. The molecule has 0 amide bonds. The number of rotatable bonds is 11. The van der Waals surface area contributed by atoms with Gasteiger partial charge >= 0.3 is 0 Å². The topological polar surface area (TPSA) is 72.4 Å². The molecule has 0 bridgehead atoms. The molecule has 8 heteroatoms. The first-order valence-electron chi connectivity index (χ1n) is 11.4. The Morgan fingerprint density at radius 1 is 1.16 bits per heavy atom. The number of piperazine rings is 1. The van der Waals surface area contributed by atoms with E-state index in [0.29, 0.717) is 6.54 Å². The van der Waals surface area contributed by atoms with Gasteiger partial charge in [0.1, 0.15) is 5.75 Å². The minimum Gasteiger partial charge on any atom is -0.491 e. The summed E-state index contributed by atoms with van der Waals surface area (Å²) in [6.45, 7) is 13.9. The van der Waals surface area contributed by atoms with E-state index in [0.717, 1.165) is 43.3 Å². The van der Waals surface area contributed by atoms with Gasteiger partial charge in [0.25, 0.3) is 0 Å². The van der Waals surface area contributed by atoms with Gasteiger partial charge in [-0.05, 0) is 64.9 Å². The first-order valence-corrected chi connectivity index (χ1v) is 11.4. The van der Waals surface area contributed by atoms with Gasteiger partial charge in [0.2, 0.25) is 0 Å². The molecule has 1 aromatic carbocycles. The van der Waals surface area contributed by atoms with Crippen molar-refractivity contribution in [3.8, 4) is 5.75 Å². The maximum atomic E-state index is 10.5. The molecule has 1 heterocycles. The summed E-state index contributed by atoms with van der Waals surface area (Å²) in [5, 5.41) is 17.2. The minimum absolute atomic E-state index is 0. The van der Waals surface area contributed by atoms with E-state index in [1.54, 1.807) is 0 Å². The van der Waals surface area contributed by atoms with Crippen LogP contribution in [0.3, 0.4) is 0 Å². The molecule has 0 saturated carbocycles. The third kappa shape index (κ3) is 11.4. The molecule has 1 aliphatic rings. The molecule has 1 unspecified atom stereocenters. The highest BCUT2D eigenvalue weighted by Gasteiger charge is 2.13. The lowest BCUT2D eigenvalue weighted by Crippen LogP contribution is -2.44. The lowest BCUT2D eigenvalue weighted by Gasteiger charge is -2.32. The molecule has 1 aromatic rings. The third-order valence-corrected chi connectivity index (χ3v) is 5.17. The monoisotopic (exact) mass is 547 g/mol. The van der Waals surface area contributed by atoms with Crippen molar-refractivity contribution in [1.82, 2.24) is 20.4 Å². The van der Waals surface area contributed by atoms with E-state index < -0.39 is 6.10 Å². The van der Waals surface area contributed by atoms with Crippen molar-refractivity contribution < 1.29 is 9.84 Å². The van der Waals surface area contributed by atoms with E-state index in [9.17, 15) is 5.11 Å². The number of guanidine groups is 1. The van der Waals surface area contributed by atoms with Crippen LogP contribution in [0.15, 0.2) is 29.3 Å². The van der Waals surface area contributed by atoms with E-state index >= 15 is 0 Å². The number of benzene rings is 1. The van der Waals surface area contributed by atoms with Crippen molar-refractivity contribution in [1.29, 1.82) is 0 Å². The summed E-state index contributed by atoms with van der Waals surface area (Å²) in [7, 11) is 2.19. The summed E-state index contributed by atoms with van der Waals surface area (Å²) >= 11 is 0. The van der Waals surface area contributed by atoms with Crippen LogP contribution in [0.25, 0.3) is 0 Å². The van der Waals surface area contributed by atoms with Crippen LogP contribution in [-0.4, -0.2) is 86.4 Å². The zero-order chi connectivity index (χ0) is 21.8. The molecule has 3 N–H and O–H groups in total. The van der Waals surface area contributed by atoms with Gasteiger partial charge in [0.15, 0.2) is 5.96 Å². The summed E-state index contributed by atoms with van der Waals surface area (Å²) < 4.78 is 5.72. The fourth-order valence-electron chi connectivity index (χ4n) is 3.43. The van der Waals surface area contributed by atoms with E-state index in [-0.39, 0.29) is 30.1 Å². The Bertz CT molecular complexity index is 636. The Labute approximate surface area is 205 Å². The van der Waals surface area contributed by atoms with Crippen LogP contribution in [0.1, 0.15) is 45.3 Å². The lowest BCUT2D eigenvalue weighted by molar-refractivity contribution is 0.152. The van der Waals surface area contributed by atoms with Crippen LogP contribution in [0.4, 0.5) is 0 Å². The van der Waals surface area contributed by atoms with Crippen LogP contribution in [0.5, 0.6) is 5.75 Å². The van der Waals surface area contributed by atoms with Crippen LogP contribution in [0.2, 0.25) is 0 Å². The molecule has 31 heavy (non-hydrogen) atoms. The zero-order valence-corrected chi connectivity index (χ0v) is 22.0. The largest absolute Gasteiger partial charge is 0.491 e. The number of halogens is 1. The van der Waals surface area contributed by atoms with E-state index in [1.165, 1.54) is 32.6 Å². The molecule has 1 aliphatic heterocycles. The van der Waals surface area contributed by atoms with Gasteiger partial charge in [-0.3, -0.25) is 4.99 Å². The maximum Gasteiger partial charge on any atom is 0.191 e. The molecule has 1 atom stereocenters. The van der Waals surface area contributed by atoms with Crippen molar-refractivity contribution in [3.05, 3.63) is 29.8 Å². The molecule has 1 saturated heterocycles. The van der Waals surface area contributed by atoms with Gasteiger partial charge in [-0.15, -0.1) is 24.0 Å². The second-order valence-corrected chi connectivity index (χ2v) is 8.25. The van der Waals surface area contributed by atoms with Crippen molar-refractivity contribution in [2.45, 2.75) is 45.8 Å². The lowest BCUT2D eigenvalue weighted by atomic mass is 10.1. The summed E-state index contributed by atoms with van der Waals surface area (Å²) in [6, 6.07) is 7.61. The summed E-state index contributed by atoms with van der Waals surface area (Å²) in [5.41, 5.74) is 0.819. The number of likely N-dealkylation sites (N-methyl/N-ethyl adjacent to an activating group) is 1. The third-order valence-electron chi connectivity index (χ3n) is 5.17. The highest BCUT2D eigenvalue weighted by Crippen LogP contribution is 2.20. The fraction of sp³-hybridized carbons (Fsp3) is 0.696. The van der Waals surface area contributed by atoms with Crippen molar-refractivity contribution in [2.24, 2.45) is 4.99 Å². The predicted octanol–water partition coefficient (Wildman–Crippen LogP) is 2.71. The number of unbranched alkanes of at least 4 members (excludes halogenated alkanes) is 1. The molecular formula is C23H42IN5O2. The van der Waals surface area contributed by atoms with Crippen LogP contribution in [-0.2, 0) is 0 Å². The molecule has 0 aromatic heterocycles. The second kappa shape index (κ2) is 15.7. The molecular weight excluding hydrogens is 505 g/mol. The standard InChI is InChI=1S/C23H41N5O2.HI/c1-5-24-23(25-11-6-7-12-28-15-13-27(4)14-16-28)26-18-22(29)20-9-8-10-21(17-20)30-19(2)3;/h8-10,17,19,22,29H,5-7,11-16,18H2,1-4H3,(H2,24,25,26);1H. The van der Waals surface area contributed by atoms with Crippen molar-refractivity contribution in [2.75, 3.05) is 59.4 Å². The van der Waals surface area contributed by atoms with Crippen LogP contribution < -0.4 is 15.4 Å². The van der Waals surface area contributed by atoms with E-state index in [2.05, 4.69) is 32.5 Å². The highest BCUT2D eigenvalue weighted by atomic mass is 127. The van der Waals surface area contributed by atoms with Crippen LogP contribution >= 0.6 is 24.0 Å². The highest BCUT2D eigenvalue weighted by molar-refractivity contribution is 14.0. The zero-order valence-electron chi connectivity index (χ0n) is 19.6. The summed E-state index contributed by atoms with van der Waals surface area (Å²) in [6.07, 6.45) is 1.74. The number of ether oxygens (including phenoxy) is 1. The van der Waals surface area contributed by atoms with E-state index in [1.807, 2.05) is 45.0 Å². The fourth-order valence-corrected chi connectivity index (χ4v) is 3.43. The number of aliphatic hydroxyl groups is 1. The Balaban J connectivity index is 0.00000480. The van der Waals surface area contributed by atoms with Gasteiger partial charge in [-0.1, -0.05) is 12.1 Å². The maximum absolute atomic E-state index is 10.5. The number of nitrogens with one attached hydrogen (secondary N) is 2. The summed E-state index contributed by atoms with van der Waals surface area (Å²) in [5.74, 6) is 1.53. The Kier molecular flexibility index (Phi) is 14.1. The van der Waals surface area contributed by atoms with E-state index in [4.69, 9.17) is 4.74 Å². The average molecular weight is 548 g/mol. The normalized spacial score (nSPS) is 16.6. The first-order chi connectivity index (χ1) is 14.5. The van der Waals surface area contributed by atoms with Crippen molar-refractivity contribution in [3.63, 3.8) is 0 Å². The molecule has 178 valence electrons. The van der Waals surface area contributed by atoms with Gasteiger partial charge in [0, 0.05) is 39.3 Å². The Morgan fingerprint density at radius 2 is 1.90 bits per heavy atom. The number of hydrogen-bond acceptors (Lipinski definition) is 5. The number of hydrogen-bond donors (Lipinski definition) is 3. The number of nitrogens with zero attached hydrogens (tertiary/aromatic N) is 3. The Hall–Kier alpha value is -1.10. The second-order valence-electron chi connectivity index (χ2n) is 8.25. The predicted molar refractivity (Wildman–Crippen MR) is 140 cm³/mol. The smallest absolute Gasteiger partial charge is 0.191 e. The van der Waals surface area contributed by atoms with Crippen molar-refractivity contribution >= 4 is 29.9 Å². The number of aliphatic hydroxyl groups excluding tert-OH is 1. The molecule has 0 spiro atoms. The first kappa shape index (κ1) is 27.9. The van der Waals surface area contributed by atoms with Gasteiger partial charge in [-0.25, -0.2) is 0 Å². The molecule has 0 radical (unpaired) electrons.